The van der Waals surface area contributed by atoms with E-state index in [-0.39, 0.29) is 12.2 Å². The van der Waals surface area contributed by atoms with Crippen molar-refractivity contribution >= 4 is 11.9 Å². The number of aromatic nitrogens is 3. The van der Waals surface area contributed by atoms with Gasteiger partial charge in [0.05, 0.1) is 18.8 Å². The van der Waals surface area contributed by atoms with Crippen molar-refractivity contribution in [2.24, 2.45) is 0 Å². The van der Waals surface area contributed by atoms with Gasteiger partial charge in [0.25, 0.3) is 0 Å². The number of nitrogens with zero attached hydrogens (tertiary/aromatic N) is 4. The molecule has 2 atom stereocenters. The number of ether oxygens (including phenoxy) is 2. The summed E-state index contributed by atoms with van der Waals surface area (Å²) in [6.45, 7) is 8.06. The molecule has 2 rings (SSSR count). The van der Waals surface area contributed by atoms with Crippen LogP contribution in [0.25, 0.3) is 0 Å². The molecule has 1 saturated heterocycles. The van der Waals surface area contributed by atoms with Gasteiger partial charge in [-0.3, -0.25) is 0 Å². The maximum absolute atomic E-state index is 5.71. The lowest BCUT2D eigenvalue weighted by atomic mass is 10.2. The second-order valence-corrected chi connectivity index (χ2v) is 4.59. The van der Waals surface area contributed by atoms with Crippen molar-refractivity contribution in [1.82, 2.24) is 15.0 Å². The molecule has 7 nitrogen and oxygen atoms in total. The lowest BCUT2D eigenvalue weighted by Gasteiger charge is -2.35. The molecule has 0 aliphatic carbocycles. The van der Waals surface area contributed by atoms with Crippen LogP contribution in [0.1, 0.15) is 20.8 Å². The van der Waals surface area contributed by atoms with Gasteiger partial charge in [0.2, 0.25) is 11.9 Å². The number of hydrogen-bond donors (Lipinski definition) is 1. The molecule has 0 aromatic carbocycles. The van der Waals surface area contributed by atoms with Crippen LogP contribution in [-0.4, -0.2) is 53.9 Å². The summed E-state index contributed by atoms with van der Waals surface area (Å²) in [5.74, 6) is 1.14. The van der Waals surface area contributed by atoms with Crippen LogP contribution < -0.4 is 15.0 Å². The van der Waals surface area contributed by atoms with Crippen LogP contribution in [0.15, 0.2) is 0 Å². The van der Waals surface area contributed by atoms with Crippen molar-refractivity contribution in [1.29, 1.82) is 0 Å². The maximum atomic E-state index is 5.71. The Balaban J connectivity index is 2.24. The average molecular weight is 267 g/mol. The molecular weight excluding hydrogens is 246 g/mol. The first-order valence-electron chi connectivity index (χ1n) is 6.59. The fraction of sp³-hybridized carbons (Fsp3) is 0.750. The van der Waals surface area contributed by atoms with E-state index in [4.69, 9.17) is 9.47 Å². The first-order valence-corrected chi connectivity index (χ1v) is 6.59. The molecular formula is C12H21N5O2. The molecule has 1 aromatic rings. The molecule has 0 unspecified atom stereocenters. The Bertz CT molecular complexity index is 419. The average Bonchev–Trinajstić information content (AvgIpc) is 2.37. The molecule has 1 aromatic heterocycles. The minimum Gasteiger partial charge on any atom is -0.464 e. The van der Waals surface area contributed by atoms with E-state index in [9.17, 15) is 0 Å². The van der Waals surface area contributed by atoms with Crippen LogP contribution in [0, 0.1) is 0 Å². The molecule has 1 fully saturated rings. The quantitative estimate of drug-likeness (QED) is 0.869. The molecule has 2 heterocycles. The second-order valence-electron chi connectivity index (χ2n) is 4.59. The number of nitrogens with one attached hydrogen (secondary N) is 1. The van der Waals surface area contributed by atoms with Crippen molar-refractivity contribution in [2.45, 2.75) is 33.0 Å². The van der Waals surface area contributed by atoms with Gasteiger partial charge in [0.15, 0.2) is 0 Å². The minimum atomic E-state index is 0.161. The molecule has 0 bridgehead atoms. The molecule has 106 valence electrons. The summed E-state index contributed by atoms with van der Waals surface area (Å²) in [5, 5.41) is 2.93. The zero-order valence-corrected chi connectivity index (χ0v) is 11.9. The predicted molar refractivity (Wildman–Crippen MR) is 72.8 cm³/mol. The molecule has 0 saturated carbocycles. The van der Waals surface area contributed by atoms with Crippen molar-refractivity contribution in [3.05, 3.63) is 0 Å². The first kappa shape index (κ1) is 13.8. The van der Waals surface area contributed by atoms with Gasteiger partial charge in [-0.2, -0.15) is 15.0 Å². The van der Waals surface area contributed by atoms with Gasteiger partial charge in [-0.25, -0.2) is 0 Å². The third-order valence-corrected chi connectivity index (χ3v) is 2.80. The standard InChI is InChI=1S/C12H21N5O2/c1-5-18-12-15-10(13-4)14-11(16-12)17-6-8(2)19-9(3)7-17/h8-9H,5-7H2,1-4H3,(H,13,14,15,16)/t8-,9+. The first-order chi connectivity index (χ1) is 9.12. The van der Waals surface area contributed by atoms with Crippen LogP contribution in [-0.2, 0) is 4.74 Å². The number of hydrogen-bond acceptors (Lipinski definition) is 7. The number of rotatable bonds is 4. The van der Waals surface area contributed by atoms with Gasteiger partial charge in [-0.05, 0) is 20.8 Å². The summed E-state index contributed by atoms with van der Waals surface area (Å²) in [7, 11) is 1.78. The van der Waals surface area contributed by atoms with E-state index in [1.54, 1.807) is 7.05 Å². The largest absolute Gasteiger partial charge is 0.464 e. The van der Waals surface area contributed by atoms with Gasteiger partial charge in [0.1, 0.15) is 0 Å². The van der Waals surface area contributed by atoms with Gasteiger partial charge in [-0.15, -0.1) is 0 Å². The summed E-state index contributed by atoms with van der Waals surface area (Å²) < 4.78 is 11.1. The zero-order valence-electron chi connectivity index (χ0n) is 11.9. The third kappa shape index (κ3) is 3.44. The van der Waals surface area contributed by atoms with Gasteiger partial charge < -0.3 is 19.7 Å². The SMILES string of the molecule is CCOc1nc(NC)nc(N2C[C@@H](C)O[C@@H](C)C2)n1. The molecule has 7 heteroatoms. The molecule has 19 heavy (non-hydrogen) atoms. The summed E-state index contributed by atoms with van der Waals surface area (Å²) >= 11 is 0. The Hall–Kier alpha value is -1.63. The second kappa shape index (κ2) is 6.01. The highest BCUT2D eigenvalue weighted by Gasteiger charge is 2.25. The Morgan fingerprint density at radius 3 is 2.53 bits per heavy atom. The zero-order chi connectivity index (χ0) is 13.8. The highest BCUT2D eigenvalue weighted by molar-refractivity contribution is 5.38. The smallest absolute Gasteiger partial charge is 0.323 e. The molecule has 0 radical (unpaired) electrons. The fourth-order valence-corrected chi connectivity index (χ4v) is 2.13. The minimum absolute atomic E-state index is 0.161. The lowest BCUT2D eigenvalue weighted by Crippen LogP contribution is -2.46. The van der Waals surface area contributed by atoms with Crippen molar-refractivity contribution in [3.8, 4) is 6.01 Å². The highest BCUT2D eigenvalue weighted by atomic mass is 16.5. The Morgan fingerprint density at radius 2 is 1.95 bits per heavy atom. The number of morpholine rings is 1. The predicted octanol–water partition coefficient (Wildman–Crippen LogP) is 0.926. The van der Waals surface area contributed by atoms with E-state index >= 15 is 0 Å². The molecule has 1 N–H and O–H groups in total. The highest BCUT2D eigenvalue weighted by Crippen LogP contribution is 2.19. The van der Waals surface area contributed by atoms with E-state index in [1.165, 1.54) is 0 Å². The van der Waals surface area contributed by atoms with Crippen molar-refractivity contribution in [3.63, 3.8) is 0 Å². The molecule has 1 aliphatic rings. The fourth-order valence-electron chi connectivity index (χ4n) is 2.13. The Morgan fingerprint density at radius 1 is 1.26 bits per heavy atom. The van der Waals surface area contributed by atoms with Crippen LogP contribution in [0.5, 0.6) is 6.01 Å². The summed E-state index contributed by atoms with van der Waals surface area (Å²) in [6.07, 6.45) is 0.322. The van der Waals surface area contributed by atoms with Crippen LogP contribution >= 0.6 is 0 Å². The van der Waals surface area contributed by atoms with Crippen molar-refractivity contribution in [2.75, 3.05) is 37.0 Å². The normalized spacial score (nSPS) is 23.3. The molecule has 0 amide bonds. The van der Waals surface area contributed by atoms with E-state index in [1.807, 2.05) is 20.8 Å². The molecule has 1 aliphatic heterocycles. The van der Waals surface area contributed by atoms with E-state index in [0.29, 0.717) is 24.5 Å². The van der Waals surface area contributed by atoms with Gasteiger partial charge in [0, 0.05) is 20.1 Å². The monoisotopic (exact) mass is 267 g/mol. The van der Waals surface area contributed by atoms with Gasteiger partial charge >= 0.3 is 6.01 Å². The summed E-state index contributed by atoms with van der Waals surface area (Å²) in [4.78, 5) is 15.0. The van der Waals surface area contributed by atoms with E-state index in [2.05, 4.69) is 25.2 Å². The summed E-state index contributed by atoms with van der Waals surface area (Å²) in [6, 6.07) is 0.351. The lowest BCUT2D eigenvalue weighted by molar-refractivity contribution is -0.00577. The Kier molecular flexibility index (Phi) is 4.36. The van der Waals surface area contributed by atoms with Crippen LogP contribution in [0.4, 0.5) is 11.9 Å². The van der Waals surface area contributed by atoms with Crippen LogP contribution in [0.2, 0.25) is 0 Å². The Labute approximate surface area is 113 Å². The van der Waals surface area contributed by atoms with Crippen molar-refractivity contribution < 1.29 is 9.47 Å². The third-order valence-electron chi connectivity index (χ3n) is 2.80. The topological polar surface area (TPSA) is 72.4 Å². The maximum Gasteiger partial charge on any atom is 0.323 e. The van der Waals surface area contributed by atoms with Crippen LogP contribution in [0.3, 0.4) is 0 Å². The summed E-state index contributed by atoms with van der Waals surface area (Å²) in [5.41, 5.74) is 0. The van der Waals surface area contributed by atoms with E-state index < -0.39 is 0 Å². The van der Waals surface area contributed by atoms with E-state index in [0.717, 1.165) is 13.1 Å². The van der Waals surface area contributed by atoms with Gasteiger partial charge in [-0.1, -0.05) is 0 Å². The number of anilines is 2. The molecule has 0 spiro atoms.